The molecule has 0 amide bonds. The van der Waals surface area contributed by atoms with E-state index in [2.05, 4.69) is 46.8 Å². The van der Waals surface area contributed by atoms with E-state index in [1.807, 2.05) is 6.07 Å². The molecular weight excluding hydrogens is 424 g/mol. The second-order valence-electron chi connectivity index (χ2n) is 11.6. The molecule has 0 fully saturated rings. The molecule has 0 spiro atoms. The van der Waals surface area contributed by atoms with Gasteiger partial charge in [-0.3, -0.25) is 4.79 Å². The van der Waals surface area contributed by atoms with Gasteiger partial charge in [0, 0.05) is 30.4 Å². The van der Waals surface area contributed by atoms with E-state index in [1.165, 1.54) is 25.7 Å². The van der Waals surface area contributed by atoms with Crippen molar-refractivity contribution in [3.8, 4) is 11.5 Å². The van der Waals surface area contributed by atoms with Crippen LogP contribution < -0.4 is 4.74 Å². The molecule has 1 aliphatic heterocycles. The highest BCUT2D eigenvalue weighted by Crippen LogP contribution is 2.55. The normalized spacial score (nSPS) is 21.3. The number of fused-ring (bicyclic) bond motifs is 3. The molecule has 1 aliphatic carbocycles. The van der Waals surface area contributed by atoms with Gasteiger partial charge < -0.3 is 14.9 Å². The molecule has 1 heterocycles. The lowest BCUT2D eigenvalue weighted by Crippen LogP contribution is -2.46. The van der Waals surface area contributed by atoms with E-state index in [0.717, 1.165) is 54.6 Å². The Morgan fingerprint density at radius 1 is 1.12 bits per heavy atom. The highest BCUT2D eigenvalue weighted by molar-refractivity contribution is 5.95. The zero-order valence-electron chi connectivity index (χ0n) is 22.1. The van der Waals surface area contributed by atoms with Crippen molar-refractivity contribution < 1.29 is 19.7 Å². The number of aliphatic hydroxyl groups excluding tert-OH is 1. The summed E-state index contributed by atoms with van der Waals surface area (Å²) in [5, 5.41) is 20.2. The van der Waals surface area contributed by atoms with Gasteiger partial charge in [-0.1, -0.05) is 59.0 Å². The average molecular weight is 471 g/mol. The number of aliphatic hydroxyl groups is 1. The van der Waals surface area contributed by atoms with Crippen LogP contribution in [0.15, 0.2) is 23.8 Å². The van der Waals surface area contributed by atoms with E-state index in [4.69, 9.17) is 9.84 Å². The number of phenols is 1. The summed E-state index contributed by atoms with van der Waals surface area (Å²) in [4.78, 5) is 12.9. The number of hydrogen-bond acceptors (Lipinski definition) is 4. The van der Waals surface area contributed by atoms with Crippen LogP contribution in [0.2, 0.25) is 0 Å². The SMILES string of the molecule is CCCCCCC(C)(C)c1cc(O)c2c(c1)OC(C)(C)[C@@H]1CC=C(C(=O)CCCCCO)C[C@@H]21. The maximum atomic E-state index is 12.9. The van der Waals surface area contributed by atoms with Crippen LogP contribution in [0.5, 0.6) is 11.5 Å². The van der Waals surface area contributed by atoms with E-state index in [-0.39, 0.29) is 35.2 Å². The zero-order chi connectivity index (χ0) is 24.9. The van der Waals surface area contributed by atoms with Gasteiger partial charge >= 0.3 is 0 Å². The van der Waals surface area contributed by atoms with Gasteiger partial charge in [0.2, 0.25) is 0 Å². The Balaban J connectivity index is 1.83. The Morgan fingerprint density at radius 3 is 2.56 bits per heavy atom. The van der Waals surface area contributed by atoms with Gasteiger partial charge in [0.25, 0.3) is 0 Å². The largest absolute Gasteiger partial charge is 0.508 e. The third kappa shape index (κ3) is 6.05. The fourth-order valence-corrected chi connectivity index (χ4v) is 5.89. The van der Waals surface area contributed by atoms with Crippen LogP contribution in [0.3, 0.4) is 0 Å². The Hall–Kier alpha value is -1.81. The van der Waals surface area contributed by atoms with Gasteiger partial charge in [0.15, 0.2) is 5.78 Å². The number of carbonyl (C=O) groups excluding carboxylic acids is 1. The summed E-state index contributed by atoms with van der Waals surface area (Å²) in [7, 11) is 0. The Kier molecular flexibility index (Phi) is 8.89. The van der Waals surface area contributed by atoms with Crippen molar-refractivity contribution in [3.05, 3.63) is 34.9 Å². The first-order valence-electron chi connectivity index (χ1n) is 13.5. The van der Waals surface area contributed by atoms with Crippen LogP contribution in [0, 0.1) is 5.92 Å². The molecular formula is C30H46O4. The molecule has 190 valence electrons. The molecule has 0 saturated heterocycles. The first-order chi connectivity index (χ1) is 16.1. The van der Waals surface area contributed by atoms with Gasteiger partial charge in [0.1, 0.15) is 17.1 Å². The summed E-state index contributed by atoms with van der Waals surface area (Å²) in [5.41, 5.74) is 2.51. The lowest BCUT2D eigenvalue weighted by Gasteiger charge is -2.47. The quantitative estimate of drug-likeness (QED) is 0.313. The number of ether oxygens (including phenoxy) is 1. The van der Waals surface area contributed by atoms with Crippen molar-refractivity contribution in [2.45, 2.75) is 122 Å². The number of aromatic hydroxyl groups is 1. The van der Waals surface area contributed by atoms with Crippen LogP contribution in [-0.2, 0) is 10.2 Å². The molecule has 0 radical (unpaired) electrons. The lowest BCUT2D eigenvalue weighted by molar-refractivity contribution is -0.116. The summed E-state index contributed by atoms with van der Waals surface area (Å²) in [6.07, 6.45) is 12.5. The van der Waals surface area contributed by atoms with Crippen LogP contribution in [-0.4, -0.2) is 28.2 Å². The maximum Gasteiger partial charge on any atom is 0.158 e. The topological polar surface area (TPSA) is 66.8 Å². The van der Waals surface area contributed by atoms with Crippen molar-refractivity contribution in [2.75, 3.05) is 6.61 Å². The number of allylic oxidation sites excluding steroid dienone is 2. The number of Topliss-reactive ketones (excluding diaryl/α,β-unsaturated/α-hetero) is 1. The molecule has 1 aromatic carbocycles. The van der Waals surface area contributed by atoms with Gasteiger partial charge in [-0.25, -0.2) is 0 Å². The van der Waals surface area contributed by atoms with Gasteiger partial charge in [-0.05, 0) is 74.6 Å². The third-order valence-corrected chi connectivity index (χ3v) is 8.16. The van der Waals surface area contributed by atoms with Crippen molar-refractivity contribution in [2.24, 2.45) is 5.92 Å². The van der Waals surface area contributed by atoms with Crippen LogP contribution in [0.25, 0.3) is 0 Å². The molecule has 0 bridgehead atoms. The van der Waals surface area contributed by atoms with Gasteiger partial charge in [-0.15, -0.1) is 0 Å². The van der Waals surface area contributed by atoms with E-state index in [1.54, 1.807) is 0 Å². The maximum absolute atomic E-state index is 12.9. The average Bonchev–Trinajstić information content (AvgIpc) is 2.78. The Labute approximate surface area is 206 Å². The van der Waals surface area contributed by atoms with E-state index >= 15 is 0 Å². The monoisotopic (exact) mass is 470 g/mol. The fraction of sp³-hybridized carbons (Fsp3) is 0.700. The molecule has 0 unspecified atom stereocenters. The second-order valence-corrected chi connectivity index (χ2v) is 11.6. The molecule has 3 rings (SSSR count). The number of carbonyl (C=O) groups is 1. The molecule has 0 saturated carbocycles. The first kappa shape index (κ1) is 26.8. The van der Waals surface area contributed by atoms with Crippen LogP contribution >= 0.6 is 0 Å². The Bertz CT molecular complexity index is 880. The number of unbranched alkanes of at least 4 members (excludes halogenated alkanes) is 5. The van der Waals surface area contributed by atoms with Gasteiger partial charge in [-0.2, -0.15) is 0 Å². The molecule has 2 aliphatic rings. The number of ketones is 1. The molecule has 2 atom stereocenters. The minimum Gasteiger partial charge on any atom is -0.508 e. The summed E-state index contributed by atoms with van der Waals surface area (Å²) < 4.78 is 6.54. The minimum absolute atomic E-state index is 0.0350. The predicted octanol–water partition coefficient (Wildman–Crippen LogP) is 7.35. The Morgan fingerprint density at radius 2 is 1.85 bits per heavy atom. The fourth-order valence-electron chi connectivity index (χ4n) is 5.89. The molecule has 0 aromatic heterocycles. The van der Waals surface area contributed by atoms with Crippen LogP contribution in [0.4, 0.5) is 0 Å². The summed E-state index contributed by atoms with van der Waals surface area (Å²) in [6, 6.07) is 4.10. The number of benzene rings is 1. The molecule has 34 heavy (non-hydrogen) atoms. The first-order valence-corrected chi connectivity index (χ1v) is 13.5. The third-order valence-electron chi connectivity index (χ3n) is 8.16. The standard InChI is InChI=1S/C30H46O4/c1-6-7-8-11-16-29(2,3)22-19-26(33)28-23-18-21(25(32)13-10-9-12-17-31)14-15-24(23)30(4,5)34-27(28)20-22/h14,19-20,23-24,31,33H,6-13,15-18H2,1-5H3/t23-,24-/m1/s1. The molecule has 4 heteroatoms. The van der Waals surface area contributed by atoms with Crippen molar-refractivity contribution in [3.63, 3.8) is 0 Å². The smallest absolute Gasteiger partial charge is 0.158 e. The van der Waals surface area contributed by atoms with Crippen LogP contribution in [0.1, 0.15) is 122 Å². The van der Waals surface area contributed by atoms with Crippen molar-refractivity contribution in [1.82, 2.24) is 0 Å². The zero-order valence-corrected chi connectivity index (χ0v) is 22.1. The van der Waals surface area contributed by atoms with E-state index in [9.17, 15) is 9.90 Å². The van der Waals surface area contributed by atoms with E-state index in [0.29, 0.717) is 18.6 Å². The molecule has 2 N–H and O–H groups in total. The summed E-state index contributed by atoms with van der Waals surface area (Å²) in [5.74, 6) is 1.63. The number of phenolic OH excluding ortho intramolecular Hbond substituents is 1. The summed E-state index contributed by atoms with van der Waals surface area (Å²) in [6.45, 7) is 11.2. The van der Waals surface area contributed by atoms with Crippen molar-refractivity contribution in [1.29, 1.82) is 0 Å². The van der Waals surface area contributed by atoms with Gasteiger partial charge in [0.05, 0.1) is 0 Å². The molecule has 4 nitrogen and oxygen atoms in total. The highest BCUT2D eigenvalue weighted by Gasteiger charge is 2.47. The lowest BCUT2D eigenvalue weighted by atomic mass is 9.66. The van der Waals surface area contributed by atoms with Crippen molar-refractivity contribution >= 4 is 5.78 Å². The molecule has 1 aromatic rings. The number of hydrogen-bond donors (Lipinski definition) is 2. The predicted molar refractivity (Wildman–Crippen MR) is 139 cm³/mol. The number of rotatable bonds is 12. The second kappa shape index (κ2) is 11.3. The minimum atomic E-state index is -0.361. The summed E-state index contributed by atoms with van der Waals surface area (Å²) >= 11 is 0. The van der Waals surface area contributed by atoms with E-state index < -0.39 is 0 Å². The highest BCUT2D eigenvalue weighted by atomic mass is 16.5.